The summed E-state index contributed by atoms with van der Waals surface area (Å²) in [5.41, 5.74) is 4.34. The third-order valence-corrected chi connectivity index (χ3v) is 8.75. The number of methoxy groups -OCH3 is 1. The summed E-state index contributed by atoms with van der Waals surface area (Å²) in [6, 6.07) is 40.6. The molecule has 3 N–H and O–H groups in total. The average Bonchev–Trinajstić information content (AvgIpc) is 3.11. The van der Waals surface area contributed by atoms with E-state index in [1.165, 1.54) is 17.3 Å². The molecule has 5 aromatic rings. The lowest BCUT2D eigenvalue weighted by Crippen LogP contribution is -2.30. The quantitative estimate of drug-likeness (QED) is 0.0923. The van der Waals surface area contributed by atoms with Gasteiger partial charge < -0.3 is 20.7 Å². The number of hydrogen-bond acceptors (Lipinski definition) is 5. The second-order valence-corrected chi connectivity index (χ2v) is 12.5. The number of thioether (sulfide) groups is 1. The minimum atomic E-state index is -0.562. The van der Waals surface area contributed by atoms with Crippen LogP contribution in [0.4, 0.5) is 11.4 Å². The van der Waals surface area contributed by atoms with Crippen molar-refractivity contribution in [3.05, 3.63) is 161 Å². The molecule has 8 heteroatoms. The molecule has 0 aliphatic carbocycles. The summed E-state index contributed by atoms with van der Waals surface area (Å²) in [5, 5.41) is 8.19. The van der Waals surface area contributed by atoms with Crippen molar-refractivity contribution < 1.29 is 19.1 Å². The molecule has 242 valence electrons. The lowest BCUT2D eigenvalue weighted by Gasteiger charge is -2.18. The highest BCUT2D eigenvalue weighted by Crippen LogP contribution is 2.37. The lowest BCUT2D eigenvalue weighted by atomic mass is 10.0. The maximum absolute atomic E-state index is 13.7. The number of benzene rings is 5. The van der Waals surface area contributed by atoms with Crippen LogP contribution in [-0.2, 0) is 9.59 Å². The van der Waals surface area contributed by atoms with Gasteiger partial charge in [0.2, 0.25) is 5.91 Å². The Kier molecular flexibility index (Phi) is 11.5. The van der Waals surface area contributed by atoms with E-state index in [0.29, 0.717) is 28.5 Å². The number of rotatable bonds is 12. The first-order chi connectivity index (χ1) is 23.3. The number of anilines is 2. The van der Waals surface area contributed by atoms with Gasteiger partial charge in [0.15, 0.2) is 0 Å². The van der Waals surface area contributed by atoms with Crippen LogP contribution in [0, 0.1) is 0 Å². The molecule has 0 bridgehead atoms. The first kappa shape index (κ1) is 33.8. The third kappa shape index (κ3) is 9.02. The van der Waals surface area contributed by atoms with Gasteiger partial charge >= 0.3 is 0 Å². The summed E-state index contributed by atoms with van der Waals surface area (Å²) in [6.45, 7) is 4.26. The third-order valence-electron chi connectivity index (χ3n) is 7.50. The van der Waals surface area contributed by atoms with Crippen molar-refractivity contribution in [3.63, 3.8) is 0 Å². The summed E-state index contributed by atoms with van der Waals surface area (Å²) < 4.78 is 5.47. The van der Waals surface area contributed by atoms with Gasteiger partial charge in [-0.2, -0.15) is 0 Å². The Hall–Kier alpha value is -5.60. The zero-order valence-electron chi connectivity index (χ0n) is 27.0. The van der Waals surface area contributed by atoms with Crippen molar-refractivity contribution in [1.82, 2.24) is 5.32 Å². The molecule has 5 aromatic carbocycles. The molecule has 1 atom stereocenters. The van der Waals surface area contributed by atoms with Gasteiger partial charge in [0, 0.05) is 27.4 Å². The molecule has 3 amide bonds. The Balaban J connectivity index is 1.38. The number of carbonyl (C=O) groups excluding carboxylic acids is 3. The SMILES string of the molecule is COc1ccccc1/C=C(/NC(=O)c1ccccc1)C(=O)Nc1cccc(SC(C(=O)Nc2ccc(C(C)C)cc2)c2ccccc2)c1. The van der Waals surface area contributed by atoms with Crippen molar-refractivity contribution >= 4 is 46.9 Å². The van der Waals surface area contributed by atoms with Crippen molar-refractivity contribution in [3.8, 4) is 5.75 Å². The lowest BCUT2D eigenvalue weighted by molar-refractivity contribution is -0.116. The van der Waals surface area contributed by atoms with Gasteiger partial charge in [0.1, 0.15) is 16.7 Å². The Morgan fingerprint density at radius 1 is 0.688 bits per heavy atom. The van der Waals surface area contributed by atoms with Crippen LogP contribution in [0.25, 0.3) is 6.08 Å². The molecule has 0 aromatic heterocycles. The molecule has 5 rings (SSSR count). The van der Waals surface area contributed by atoms with Crippen molar-refractivity contribution in [2.45, 2.75) is 29.9 Å². The van der Waals surface area contributed by atoms with Crippen LogP contribution in [-0.4, -0.2) is 24.8 Å². The van der Waals surface area contributed by atoms with Gasteiger partial charge in [-0.1, -0.05) is 98.8 Å². The molecule has 0 aliphatic rings. The van der Waals surface area contributed by atoms with Gasteiger partial charge in [0.25, 0.3) is 11.8 Å². The molecular weight excluding hydrogens is 619 g/mol. The summed E-state index contributed by atoms with van der Waals surface area (Å²) >= 11 is 1.38. The second-order valence-electron chi connectivity index (χ2n) is 11.3. The van der Waals surface area contributed by atoms with E-state index in [1.54, 1.807) is 55.7 Å². The Labute approximate surface area is 285 Å². The molecule has 7 nitrogen and oxygen atoms in total. The van der Waals surface area contributed by atoms with Crippen molar-refractivity contribution in [2.75, 3.05) is 17.7 Å². The Morgan fingerprint density at radius 3 is 2.04 bits per heavy atom. The molecule has 0 saturated carbocycles. The van der Waals surface area contributed by atoms with Crippen LogP contribution in [0.15, 0.2) is 144 Å². The zero-order chi connectivity index (χ0) is 33.9. The van der Waals surface area contributed by atoms with E-state index in [0.717, 1.165) is 16.1 Å². The number of para-hydroxylation sites is 1. The highest BCUT2D eigenvalue weighted by Gasteiger charge is 2.23. The number of hydrogen-bond donors (Lipinski definition) is 3. The van der Waals surface area contributed by atoms with Gasteiger partial charge in [-0.25, -0.2) is 0 Å². The standard InChI is InChI=1S/C40H37N3O4S/c1-27(2)28-21-23-32(24-22-28)41-40(46)37(29-13-6-4-7-14-29)48-34-19-12-18-33(26-34)42-39(45)35(25-31-17-10-11-20-36(31)47-3)43-38(44)30-15-8-5-9-16-30/h4-27,37H,1-3H3,(H,41,46)(H,42,45)(H,43,44)/b35-25+. The van der Waals surface area contributed by atoms with E-state index < -0.39 is 17.1 Å². The molecule has 48 heavy (non-hydrogen) atoms. The number of carbonyl (C=O) groups is 3. The van der Waals surface area contributed by atoms with Gasteiger partial charge in [-0.05, 0) is 71.7 Å². The topological polar surface area (TPSA) is 96.5 Å². The minimum Gasteiger partial charge on any atom is -0.496 e. The summed E-state index contributed by atoms with van der Waals surface area (Å²) in [5.74, 6) is -0.163. The van der Waals surface area contributed by atoms with E-state index in [2.05, 4.69) is 29.8 Å². The van der Waals surface area contributed by atoms with Crippen LogP contribution in [0.5, 0.6) is 5.75 Å². The van der Waals surface area contributed by atoms with E-state index in [1.807, 2.05) is 91.0 Å². The van der Waals surface area contributed by atoms with Crippen molar-refractivity contribution in [1.29, 1.82) is 0 Å². The Bertz CT molecular complexity index is 1890. The molecule has 0 fully saturated rings. The van der Waals surface area contributed by atoms with Crippen LogP contribution >= 0.6 is 11.8 Å². The van der Waals surface area contributed by atoms with E-state index in [-0.39, 0.29) is 11.6 Å². The summed E-state index contributed by atoms with van der Waals surface area (Å²) in [4.78, 5) is 41.3. The molecule has 0 heterocycles. The number of ether oxygens (including phenoxy) is 1. The van der Waals surface area contributed by atoms with E-state index in [4.69, 9.17) is 4.74 Å². The normalized spacial score (nSPS) is 11.8. The highest BCUT2D eigenvalue weighted by molar-refractivity contribution is 8.00. The Morgan fingerprint density at radius 2 is 1.35 bits per heavy atom. The van der Waals surface area contributed by atoms with Crippen LogP contribution in [0.2, 0.25) is 0 Å². The average molecular weight is 656 g/mol. The number of nitrogens with one attached hydrogen (secondary N) is 3. The first-order valence-electron chi connectivity index (χ1n) is 15.6. The predicted octanol–water partition coefficient (Wildman–Crippen LogP) is 8.70. The van der Waals surface area contributed by atoms with Crippen LogP contribution < -0.4 is 20.7 Å². The van der Waals surface area contributed by atoms with Crippen LogP contribution in [0.1, 0.15) is 52.1 Å². The fourth-order valence-corrected chi connectivity index (χ4v) is 6.01. The zero-order valence-corrected chi connectivity index (χ0v) is 27.8. The first-order valence-corrected chi connectivity index (χ1v) is 16.4. The van der Waals surface area contributed by atoms with Gasteiger partial charge in [0.05, 0.1) is 7.11 Å². The molecule has 0 radical (unpaired) electrons. The fourth-order valence-electron chi connectivity index (χ4n) is 4.93. The summed E-state index contributed by atoms with van der Waals surface area (Å²) in [6.07, 6.45) is 1.58. The fraction of sp³-hybridized carbons (Fsp3) is 0.125. The molecule has 0 spiro atoms. The van der Waals surface area contributed by atoms with Gasteiger partial charge in [-0.15, -0.1) is 11.8 Å². The summed E-state index contributed by atoms with van der Waals surface area (Å²) in [7, 11) is 1.55. The predicted molar refractivity (Wildman–Crippen MR) is 194 cm³/mol. The van der Waals surface area contributed by atoms with Crippen LogP contribution in [0.3, 0.4) is 0 Å². The molecular formula is C40H37N3O4S. The monoisotopic (exact) mass is 655 g/mol. The van der Waals surface area contributed by atoms with Gasteiger partial charge in [-0.3, -0.25) is 14.4 Å². The maximum Gasteiger partial charge on any atom is 0.272 e. The van der Waals surface area contributed by atoms with E-state index >= 15 is 0 Å². The minimum absolute atomic E-state index is 0.0384. The van der Waals surface area contributed by atoms with Crippen molar-refractivity contribution in [2.24, 2.45) is 0 Å². The second kappa shape index (κ2) is 16.3. The molecule has 1 unspecified atom stereocenters. The largest absolute Gasteiger partial charge is 0.496 e. The molecule has 0 aliphatic heterocycles. The highest BCUT2D eigenvalue weighted by atomic mass is 32.2. The maximum atomic E-state index is 13.7. The number of amides is 3. The smallest absolute Gasteiger partial charge is 0.272 e. The molecule has 0 saturated heterocycles. The van der Waals surface area contributed by atoms with E-state index in [9.17, 15) is 14.4 Å².